The third-order valence-electron chi connectivity index (χ3n) is 6.51. The smallest absolute Gasteiger partial charge is 0.270 e. The van der Waals surface area contributed by atoms with Crippen molar-refractivity contribution in [3.63, 3.8) is 0 Å². The van der Waals surface area contributed by atoms with Crippen LogP contribution in [0.4, 0.5) is 11.4 Å². The van der Waals surface area contributed by atoms with Gasteiger partial charge in [-0.3, -0.25) is 19.8 Å². The maximum Gasteiger partial charge on any atom is 0.270 e. The van der Waals surface area contributed by atoms with Crippen molar-refractivity contribution in [1.82, 2.24) is 5.32 Å². The minimum absolute atomic E-state index is 0.0379. The molecule has 2 amide bonds. The molecule has 182 valence electrons. The molecule has 35 heavy (non-hydrogen) atoms. The highest BCUT2D eigenvalue weighted by atomic mass is 32.1. The largest absolute Gasteiger partial charge is 0.497 e. The summed E-state index contributed by atoms with van der Waals surface area (Å²) in [5, 5.41) is 2.71. The van der Waals surface area contributed by atoms with E-state index in [-0.39, 0.29) is 16.2 Å². The van der Waals surface area contributed by atoms with Gasteiger partial charge in [-0.05, 0) is 113 Å². The molecular weight excluding hydrogens is 458 g/mol. The van der Waals surface area contributed by atoms with Gasteiger partial charge in [-0.25, -0.2) is 0 Å². The van der Waals surface area contributed by atoms with E-state index in [1.807, 2.05) is 6.92 Å². The molecule has 2 aliphatic rings. The molecule has 2 aromatic rings. The molecule has 0 saturated carbocycles. The van der Waals surface area contributed by atoms with Gasteiger partial charge >= 0.3 is 0 Å². The van der Waals surface area contributed by atoms with Gasteiger partial charge in [-0.15, -0.1) is 0 Å². The van der Waals surface area contributed by atoms with E-state index in [2.05, 4.69) is 63.0 Å². The summed E-state index contributed by atoms with van der Waals surface area (Å²) >= 11 is 5.32. The first-order valence-electron chi connectivity index (χ1n) is 11.6. The lowest BCUT2D eigenvalue weighted by Crippen LogP contribution is -2.54. The van der Waals surface area contributed by atoms with Crippen molar-refractivity contribution in [1.29, 1.82) is 0 Å². The molecule has 0 bridgehead atoms. The Hall–Kier alpha value is -3.45. The van der Waals surface area contributed by atoms with Gasteiger partial charge in [0, 0.05) is 17.3 Å². The maximum absolute atomic E-state index is 13.5. The highest BCUT2D eigenvalue weighted by Gasteiger charge is 2.36. The molecule has 1 N–H and O–H groups in total. The number of nitrogens with one attached hydrogen (secondary N) is 1. The minimum Gasteiger partial charge on any atom is -0.497 e. The number of allylic oxidation sites excluding steroid dienone is 1. The molecule has 0 unspecified atom stereocenters. The molecule has 4 rings (SSSR count). The van der Waals surface area contributed by atoms with Gasteiger partial charge in [-0.2, -0.15) is 0 Å². The lowest BCUT2D eigenvalue weighted by atomic mass is 9.85. The van der Waals surface area contributed by atoms with Crippen LogP contribution in [0.15, 0.2) is 48.0 Å². The van der Waals surface area contributed by atoms with Crippen molar-refractivity contribution >= 4 is 52.2 Å². The number of anilines is 2. The third kappa shape index (κ3) is 4.36. The predicted molar refractivity (Wildman–Crippen MR) is 146 cm³/mol. The number of hydrogen-bond acceptors (Lipinski definition) is 5. The fourth-order valence-electron chi connectivity index (χ4n) is 5.09. The Morgan fingerprint density at radius 1 is 1.09 bits per heavy atom. The van der Waals surface area contributed by atoms with E-state index in [4.69, 9.17) is 17.0 Å². The summed E-state index contributed by atoms with van der Waals surface area (Å²) in [6, 6.07) is 11.5. The second kappa shape index (κ2) is 8.96. The zero-order valence-corrected chi connectivity index (χ0v) is 22.0. The highest BCUT2D eigenvalue weighted by molar-refractivity contribution is 7.80. The van der Waals surface area contributed by atoms with Crippen LogP contribution in [-0.4, -0.2) is 35.6 Å². The summed E-state index contributed by atoms with van der Waals surface area (Å²) in [5.41, 5.74) is 5.70. The molecule has 0 aliphatic carbocycles. The van der Waals surface area contributed by atoms with Crippen LogP contribution in [0.5, 0.6) is 5.75 Å². The van der Waals surface area contributed by atoms with Gasteiger partial charge < -0.3 is 9.64 Å². The fourth-order valence-corrected chi connectivity index (χ4v) is 5.37. The van der Waals surface area contributed by atoms with Gasteiger partial charge in [0.15, 0.2) is 5.11 Å². The number of thiocarbonyl (C=S) groups is 1. The molecular formula is C28H31N3O3S. The van der Waals surface area contributed by atoms with E-state index in [0.29, 0.717) is 17.5 Å². The van der Waals surface area contributed by atoms with E-state index in [0.717, 1.165) is 22.4 Å². The number of amides is 2. The van der Waals surface area contributed by atoms with E-state index in [9.17, 15) is 9.59 Å². The van der Waals surface area contributed by atoms with Crippen molar-refractivity contribution < 1.29 is 14.3 Å². The van der Waals surface area contributed by atoms with Crippen molar-refractivity contribution in [2.24, 2.45) is 0 Å². The number of methoxy groups -OCH3 is 1. The Morgan fingerprint density at radius 3 is 2.34 bits per heavy atom. The quantitative estimate of drug-likeness (QED) is 0.361. The van der Waals surface area contributed by atoms with Crippen LogP contribution < -0.4 is 19.9 Å². The summed E-state index contributed by atoms with van der Waals surface area (Å²) in [6.07, 6.45) is 3.93. The lowest BCUT2D eigenvalue weighted by Gasteiger charge is -2.46. The van der Waals surface area contributed by atoms with Crippen molar-refractivity contribution in [3.8, 4) is 5.75 Å². The average molecular weight is 490 g/mol. The zero-order chi connectivity index (χ0) is 25.7. The van der Waals surface area contributed by atoms with Crippen LogP contribution in [0.1, 0.15) is 51.3 Å². The summed E-state index contributed by atoms with van der Waals surface area (Å²) in [5.74, 6) is -0.298. The number of carbonyl (C=O) groups excluding carboxylic acids is 2. The maximum atomic E-state index is 13.5. The Bertz CT molecular complexity index is 1290. The summed E-state index contributed by atoms with van der Waals surface area (Å²) in [4.78, 5) is 30.0. The number of fused-ring (bicyclic) bond motifs is 1. The van der Waals surface area contributed by atoms with E-state index in [1.54, 1.807) is 37.5 Å². The van der Waals surface area contributed by atoms with Crippen LogP contribution in [0, 0.1) is 6.92 Å². The van der Waals surface area contributed by atoms with Crippen LogP contribution in [0.25, 0.3) is 11.6 Å². The number of ether oxygens (including phenoxy) is 1. The van der Waals surface area contributed by atoms with Crippen LogP contribution in [0.2, 0.25) is 0 Å². The molecule has 0 aromatic heterocycles. The fraction of sp³-hybridized carbons (Fsp3) is 0.321. The number of carbonyl (C=O) groups is 2. The monoisotopic (exact) mass is 489 g/mol. The standard InChI is InChI=1S/C28H31N3O3S/c1-16(2)31-24-12-17(3)19(13-22(24)18(4)15-28(31,5)6)14-23-25(32)29-27(35)30(26(23)33)20-8-10-21(34-7)11-9-20/h8-16H,1-7H3,(H,29,32,35)/b23-14+. The van der Waals surface area contributed by atoms with Crippen molar-refractivity contribution in [2.45, 2.75) is 53.1 Å². The highest BCUT2D eigenvalue weighted by Crippen LogP contribution is 2.42. The third-order valence-corrected chi connectivity index (χ3v) is 6.79. The molecule has 0 spiro atoms. The Balaban J connectivity index is 1.78. The molecule has 0 atom stereocenters. The van der Waals surface area contributed by atoms with E-state index >= 15 is 0 Å². The van der Waals surface area contributed by atoms with Crippen LogP contribution in [-0.2, 0) is 9.59 Å². The topological polar surface area (TPSA) is 61.9 Å². The Labute approximate surface area is 212 Å². The van der Waals surface area contributed by atoms with Gasteiger partial charge in [0.2, 0.25) is 0 Å². The molecule has 1 saturated heterocycles. The van der Waals surface area contributed by atoms with Gasteiger partial charge in [0.1, 0.15) is 11.3 Å². The SMILES string of the molecule is COc1ccc(N2C(=O)/C(=C/c3cc4c(cc3C)N(C(C)C)C(C)(C)C=C4C)C(=O)NC2=S)cc1. The first-order chi connectivity index (χ1) is 16.4. The number of rotatable bonds is 4. The molecule has 0 radical (unpaired) electrons. The van der Waals surface area contributed by atoms with Crippen molar-refractivity contribution in [2.75, 3.05) is 16.9 Å². The average Bonchev–Trinajstić information content (AvgIpc) is 2.76. The summed E-state index contributed by atoms with van der Waals surface area (Å²) in [7, 11) is 1.58. The Kier molecular flexibility index (Phi) is 6.32. The summed E-state index contributed by atoms with van der Waals surface area (Å²) in [6.45, 7) is 12.9. The lowest BCUT2D eigenvalue weighted by molar-refractivity contribution is -0.122. The molecule has 7 heteroatoms. The van der Waals surface area contributed by atoms with E-state index < -0.39 is 11.8 Å². The second-order valence-electron chi connectivity index (χ2n) is 9.83. The molecule has 2 aromatic carbocycles. The molecule has 1 fully saturated rings. The summed E-state index contributed by atoms with van der Waals surface area (Å²) < 4.78 is 5.20. The van der Waals surface area contributed by atoms with Crippen molar-refractivity contribution in [3.05, 3.63) is 64.7 Å². The first kappa shape index (κ1) is 24.7. The molecule has 2 aliphatic heterocycles. The molecule has 6 nitrogen and oxygen atoms in total. The number of benzene rings is 2. The number of nitrogens with zero attached hydrogens (tertiary/aromatic N) is 2. The van der Waals surface area contributed by atoms with E-state index in [1.165, 1.54) is 10.5 Å². The zero-order valence-electron chi connectivity index (χ0n) is 21.2. The first-order valence-corrected chi connectivity index (χ1v) is 12.0. The Morgan fingerprint density at radius 2 is 1.74 bits per heavy atom. The van der Waals surface area contributed by atoms with Crippen LogP contribution in [0.3, 0.4) is 0 Å². The second-order valence-corrected chi connectivity index (χ2v) is 10.2. The normalized spacial score (nSPS) is 18.6. The van der Waals surface area contributed by atoms with Crippen LogP contribution >= 0.6 is 12.2 Å². The number of aryl methyl sites for hydroxylation is 1. The van der Waals surface area contributed by atoms with Gasteiger partial charge in [0.05, 0.1) is 18.3 Å². The van der Waals surface area contributed by atoms with Gasteiger partial charge in [-0.1, -0.05) is 6.08 Å². The minimum atomic E-state index is -0.501. The van der Waals surface area contributed by atoms with Gasteiger partial charge in [0.25, 0.3) is 11.8 Å². The molecule has 2 heterocycles. The number of hydrogen-bond donors (Lipinski definition) is 1. The predicted octanol–water partition coefficient (Wildman–Crippen LogP) is 5.25.